The first kappa shape index (κ1) is 72.9. The Bertz CT molecular complexity index is 3180. The highest BCUT2D eigenvalue weighted by Crippen LogP contribution is 2.30. The summed E-state index contributed by atoms with van der Waals surface area (Å²) in [5, 5.41) is 0.557. The van der Waals surface area contributed by atoms with Gasteiger partial charge in [-0.2, -0.15) is 0 Å². The predicted octanol–water partition coefficient (Wildman–Crippen LogP) is 8.71. The fourth-order valence-corrected chi connectivity index (χ4v) is 9.26. The van der Waals surface area contributed by atoms with E-state index in [2.05, 4.69) is 123 Å². The van der Waals surface area contributed by atoms with E-state index in [-0.39, 0.29) is 36.5 Å². The number of aryl methyl sites for hydroxylation is 1. The molecule has 0 bridgehead atoms. The summed E-state index contributed by atoms with van der Waals surface area (Å²) in [5.74, 6) is -1.96. The third-order valence-corrected chi connectivity index (χ3v) is 12.6. The van der Waals surface area contributed by atoms with E-state index in [0.29, 0.717) is 54.1 Å². The molecule has 31 heteroatoms. The third-order valence-electron chi connectivity index (χ3n) is 10.7. The summed E-state index contributed by atoms with van der Waals surface area (Å²) in [6, 6.07) is 7.04. The van der Waals surface area contributed by atoms with Gasteiger partial charge in [0.1, 0.15) is 33.6 Å². The van der Waals surface area contributed by atoms with Crippen molar-refractivity contribution < 1.29 is 33.3 Å². The van der Waals surface area contributed by atoms with Crippen LogP contribution in [0.4, 0.5) is 0 Å². The van der Waals surface area contributed by atoms with Crippen LogP contribution >= 0.6 is 110 Å². The number of hydrogen-bond donors (Lipinski definition) is 0. The molecule has 0 spiro atoms. The van der Waals surface area contributed by atoms with Gasteiger partial charge in [-0.1, -0.05) is 69.3 Å². The van der Waals surface area contributed by atoms with Gasteiger partial charge in [-0.25, -0.2) is 29.3 Å². The molecule has 1 aliphatic heterocycles. The van der Waals surface area contributed by atoms with Crippen LogP contribution in [0, 0.1) is 6.92 Å². The maximum absolute atomic E-state index is 12.6. The normalized spacial score (nSPS) is 12.1. The minimum Gasteiger partial charge on any atom is -0.462 e. The lowest BCUT2D eigenvalue weighted by Gasteiger charge is -2.28. The highest BCUT2D eigenvalue weighted by Gasteiger charge is 2.20. The number of hydrogen-bond acceptors (Lipinski definition) is 15. The van der Waals surface area contributed by atoms with Gasteiger partial charge in [0.15, 0.2) is 0 Å². The lowest BCUT2D eigenvalue weighted by molar-refractivity contribution is 0.0343. The summed E-state index contributed by atoms with van der Waals surface area (Å²) in [6.07, 6.45) is 8.14. The Morgan fingerprint density at radius 2 is 1.02 bits per heavy atom. The summed E-state index contributed by atoms with van der Waals surface area (Å²) < 4.78 is 24.6. The fourth-order valence-electron chi connectivity index (χ4n) is 7.34. The highest BCUT2D eigenvalue weighted by atomic mass is 79.9. The minimum absolute atomic E-state index is 0.0631. The topological polar surface area (TPSA) is 198 Å². The first-order valence-electron chi connectivity index (χ1n) is 24.6. The molecule has 0 atom stereocenters. The maximum Gasteiger partial charge on any atom is 0.345 e. The molecule has 0 aromatic carbocycles. The van der Waals surface area contributed by atoms with E-state index in [4.69, 9.17) is 88.6 Å². The van der Waals surface area contributed by atoms with E-state index in [9.17, 15) is 28.8 Å². The van der Waals surface area contributed by atoms with Gasteiger partial charge in [0.05, 0.1) is 33.0 Å². The Hall–Kier alpha value is -3.23. The van der Waals surface area contributed by atoms with Gasteiger partial charge in [0, 0.05) is 135 Å². The van der Waals surface area contributed by atoms with Crippen molar-refractivity contribution in [3.63, 3.8) is 0 Å². The van der Waals surface area contributed by atoms with Crippen molar-refractivity contribution in [1.82, 2.24) is 38.0 Å². The van der Waals surface area contributed by atoms with Crippen molar-refractivity contribution in [2.24, 2.45) is 0 Å². The molecule has 1 saturated heterocycles. The van der Waals surface area contributed by atoms with Crippen LogP contribution in [-0.2, 0) is 30.8 Å². The molecule has 0 saturated carbocycles. The van der Waals surface area contributed by atoms with E-state index >= 15 is 0 Å². The van der Waals surface area contributed by atoms with Crippen LogP contribution in [-0.4, -0.2) is 161 Å². The molecule has 1 aliphatic rings. The Morgan fingerprint density at radius 3 is 1.35 bits per heavy atom. The molecule has 0 aliphatic carbocycles. The molecular formula is C49H58B5Br4Cl4N8O10. The van der Waals surface area contributed by atoms with Crippen LogP contribution in [0.1, 0.15) is 103 Å². The summed E-state index contributed by atoms with van der Waals surface area (Å²) >= 11 is 32.7. The van der Waals surface area contributed by atoms with Crippen LogP contribution in [0.25, 0.3) is 16.9 Å². The molecule has 7 radical (unpaired) electrons. The number of morpholine rings is 1. The van der Waals surface area contributed by atoms with E-state index < -0.39 is 44.2 Å². The van der Waals surface area contributed by atoms with Gasteiger partial charge < -0.3 is 18.9 Å². The number of rotatable bonds is 13. The molecular weight excluding hydrogens is 1380 g/mol. The molecule has 0 amide bonds. The van der Waals surface area contributed by atoms with Crippen LogP contribution < -0.4 is 16.7 Å². The van der Waals surface area contributed by atoms with Crippen molar-refractivity contribution in [1.29, 1.82) is 0 Å². The zero-order valence-corrected chi connectivity index (χ0v) is 54.9. The number of nitrogens with zero attached hydrogens (tertiary/aromatic N) is 8. The second kappa shape index (κ2) is 36.5. The van der Waals surface area contributed by atoms with Crippen molar-refractivity contribution >= 4 is 182 Å². The minimum atomic E-state index is -1.61. The van der Waals surface area contributed by atoms with Gasteiger partial charge in [-0.15, -0.1) is 0 Å². The lowest BCUT2D eigenvalue weighted by Crippen LogP contribution is -2.36. The number of carbonyl (C=O) groups is 3. The maximum atomic E-state index is 12.6. The Balaban J connectivity index is 0.000000356. The largest absolute Gasteiger partial charge is 0.462 e. The van der Waals surface area contributed by atoms with Crippen molar-refractivity contribution in [2.75, 3.05) is 52.7 Å². The number of aromatic nitrogens is 6. The number of alkyl halides is 5. The van der Waals surface area contributed by atoms with Crippen LogP contribution in [0.2, 0.25) is 0 Å². The predicted molar refractivity (Wildman–Crippen MR) is 336 cm³/mol. The number of halogens is 8. The Morgan fingerprint density at radius 1 is 0.688 bits per heavy atom. The number of esters is 3. The number of carbonyl (C=O) groups excluding carboxylic acids is 3. The van der Waals surface area contributed by atoms with Crippen LogP contribution in [0.3, 0.4) is 0 Å². The SMILES string of the molecule is CCN(C(C)C)C(C)C.CCOC(=O)c1cnc2c(C)cc(Br)cn2c1=O.CCOC(=O)c1cnc2c(CBr)cc(Br)cn2c1=O.CCOC(=O)c1cnc2c(CN3CCOCC3)cc(Br)cn2c1=O.ClC(Cl)(Cl)Cl.[B][B]B([B])[B]. The molecule has 80 heavy (non-hydrogen) atoms. The number of pyridine rings is 3. The first-order chi connectivity index (χ1) is 37.6. The van der Waals surface area contributed by atoms with Crippen LogP contribution in [0.5, 0.6) is 0 Å². The Labute approximate surface area is 524 Å². The van der Waals surface area contributed by atoms with Crippen LogP contribution in [0.15, 0.2) is 83.2 Å². The zero-order chi connectivity index (χ0) is 60.6. The first-order valence-corrected chi connectivity index (χ1v) is 29.6. The zero-order valence-electron chi connectivity index (χ0n) is 45.5. The standard InChI is InChI=1S/C16H18BrN3O4.C12H10Br2N2O3.C12H11BrN2O3.C8H19N.CCl4.B5/c1-2-24-16(22)13-8-18-14-11(9-19-3-5-23-6-4-19)7-12(17)10-20(14)15(13)21;1-2-19-12(18)9-5-15-10-7(4-13)3-8(14)6-16(10)11(9)17;1-3-18-12(17)9-5-14-10-7(2)4-8(13)6-15(10)11(9)16;1-6-9(7(2)3)8(4)5;2-1(3,4)5;1-4-5(2)3/h7-8,10H,2-6,9H2,1H3;3,5-6H,2,4H2,1H3;4-6H,3H2,1-2H3;7-8H,6H2,1-5H3;;. The highest BCUT2D eigenvalue weighted by molar-refractivity contribution is 9.11. The molecule has 425 valence electrons. The van der Waals surface area contributed by atoms with Crippen molar-refractivity contribution in [3.8, 4) is 0 Å². The molecule has 6 aromatic heterocycles. The van der Waals surface area contributed by atoms with Gasteiger partial charge in [-0.3, -0.25) is 37.4 Å². The fraction of sp³-hybridized carbons (Fsp3) is 0.449. The molecule has 6 aromatic rings. The van der Waals surface area contributed by atoms with Gasteiger partial charge in [0.2, 0.25) is 0 Å². The summed E-state index contributed by atoms with van der Waals surface area (Å²) in [4.78, 5) is 89.5. The quantitative estimate of drug-likeness (QED) is 0.0460. The van der Waals surface area contributed by atoms with E-state index in [0.717, 1.165) is 49.7 Å². The average Bonchev–Trinajstić information content (AvgIpc) is 3.41. The average molecular weight is 1430 g/mol. The molecule has 0 N–H and O–H groups in total. The van der Waals surface area contributed by atoms with Crippen molar-refractivity contribution in [3.05, 3.63) is 133 Å². The molecule has 1 fully saturated rings. The monoisotopic (exact) mass is 1430 g/mol. The second-order valence-corrected chi connectivity index (χ2v) is 23.9. The number of fused-ring (bicyclic) bond motifs is 3. The molecule has 7 rings (SSSR count). The lowest BCUT2D eigenvalue weighted by atomic mass is 8.97. The smallest absolute Gasteiger partial charge is 0.345 e. The molecule has 0 unspecified atom stereocenters. The van der Waals surface area contributed by atoms with E-state index in [1.54, 1.807) is 39.4 Å². The van der Waals surface area contributed by atoms with Gasteiger partial charge in [0.25, 0.3) is 19.9 Å². The summed E-state index contributed by atoms with van der Waals surface area (Å²) in [5.41, 5.74) is 2.70. The molecule has 7 heterocycles. The van der Waals surface area contributed by atoms with Gasteiger partial charge >= 0.3 is 17.9 Å². The van der Waals surface area contributed by atoms with E-state index in [1.165, 1.54) is 38.9 Å². The van der Waals surface area contributed by atoms with Crippen molar-refractivity contribution in [2.45, 2.75) is 89.5 Å². The summed E-state index contributed by atoms with van der Waals surface area (Å²) in [7, 11) is 15.8. The van der Waals surface area contributed by atoms with Gasteiger partial charge in [-0.05, 0) is 133 Å². The molecule has 18 nitrogen and oxygen atoms in total. The second-order valence-electron chi connectivity index (χ2n) is 17.1. The third kappa shape index (κ3) is 23.8. The van der Waals surface area contributed by atoms with E-state index in [1.807, 2.05) is 25.1 Å². The summed E-state index contributed by atoms with van der Waals surface area (Å²) in [6.45, 7) is 23.6. The Kier molecular flexibility index (Phi) is 33.2. The number of ether oxygens (including phenoxy) is 4.